The number of rotatable bonds is 5. The molecule has 94 valence electrons. The zero-order chi connectivity index (χ0) is 13.0. The lowest BCUT2D eigenvalue weighted by Gasteiger charge is -2.01. The molecule has 0 aliphatic carbocycles. The summed E-state index contributed by atoms with van der Waals surface area (Å²) in [6.07, 6.45) is 0. The number of hydrogen-bond acceptors (Lipinski definition) is 4. The first-order valence-electron chi connectivity index (χ1n) is 5.61. The first kappa shape index (κ1) is 12.7. The molecule has 0 aliphatic heterocycles. The maximum absolute atomic E-state index is 10.9. The van der Waals surface area contributed by atoms with E-state index in [0.29, 0.717) is 17.1 Å². The Kier molecular flexibility index (Phi) is 4.07. The van der Waals surface area contributed by atoms with Gasteiger partial charge in [0.1, 0.15) is 9.88 Å². The van der Waals surface area contributed by atoms with Crippen molar-refractivity contribution >= 4 is 17.3 Å². The van der Waals surface area contributed by atoms with E-state index in [1.807, 2.05) is 30.3 Å². The molecule has 2 rings (SSSR count). The van der Waals surface area contributed by atoms with Gasteiger partial charge in [0.15, 0.2) is 0 Å². The molecule has 1 heterocycles. The Morgan fingerprint density at radius 3 is 2.67 bits per heavy atom. The predicted molar refractivity (Wildman–Crippen MR) is 70.8 cm³/mol. The molecule has 0 aliphatic rings. The molecule has 0 saturated heterocycles. The summed E-state index contributed by atoms with van der Waals surface area (Å²) in [4.78, 5) is 15.4. The number of carboxylic acids is 1. The zero-order valence-electron chi connectivity index (χ0n) is 10.0. The van der Waals surface area contributed by atoms with E-state index in [-0.39, 0.29) is 0 Å². The zero-order valence-corrected chi connectivity index (χ0v) is 10.8. The fourth-order valence-electron chi connectivity index (χ4n) is 1.64. The maximum atomic E-state index is 10.9. The topological polar surface area (TPSA) is 62.2 Å². The number of aromatic nitrogens is 1. The summed E-state index contributed by atoms with van der Waals surface area (Å²) >= 11 is 1.23. The third kappa shape index (κ3) is 3.15. The summed E-state index contributed by atoms with van der Waals surface area (Å²) < 4.78 is 0. The van der Waals surface area contributed by atoms with Crippen molar-refractivity contribution in [1.29, 1.82) is 0 Å². The molecule has 0 atom stereocenters. The van der Waals surface area contributed by atoms with E-state index >= 15 is 0 Å². The lowest BCUT2D eigenvalue weighted by atomic mass is 10.2. The van der Waals surface area contributed by atoms with E-state index in [0.717, 1.165) is 11.6 Å². The van der Waals surface area contributed by atoms with Crippen LogP contribution in [0.3, 0.4) is 0 Å². The monoisotopic (exact) mass is 262 g/mol. The number of thiazole rings is 1. The lowest BCUT2D eigenvalue weighted by molar-refractivity contribution is 0.0701. The maximum Gasteiger partial charge on any atom is 0.347 e. The smallest absolute Gasteiger partial charge is 0.347 e. The average Bonchev–Trinajstić information content (AvgIpc) is 2.72. The summed E-state index contributed by atoms with van der Waals surface area (Å²) in [5.41, 5.74) is 1.79. The number of aryl methyl sites for hydroxylation is 1. The van der Waals surface area contributed by atoms with Gasteiger partial charge in [0.2, 0.25) is 0 Å². The molecule has 5 heteroatoms. The highest BCUT2D eigenvalue weighted by Gasteiger charge is 2.13. The van der Waals surface area contributed by atoms with Crippen molar-refractivity contribution in [2.24, 2.45) is 0 Å². The van der Waals surface area contributed by atoms with Crippen LogP contribution in [0.2, 0.25) is 0 Å². The summed E-state index contributed by atoms with van der Waals surface area (Å²) in [6.45, 7) is 3.07. The van der Waals surface area contributed by atoms with Crippen molar-refractivity contribution < 1.29 is 9.90 Å². The van der Waals surface area contributed by atoms with Crippen molar-refractivity contribution in [3.63, 3.8) is 0 Å². The van der Waals surface area contributed by atoms with Gasteiger partial charge < -0.3 is 10.4 Å². The molecule has 4 nitrogen and oxygen atoms in total. The molecule has 2 N–H and O–H groups in total. The number of aromatic carboxylic acids is 1. The van der Waals surface area contributed by atoms with Crippen LogP contribution in [0.15, 0.2) is 30.3 Å². The Bertz CT molecular complexity index is 537. The van der Waals surface area contributed by atoms with Gasteiger partial charge in [0, 0.05) is 13.1 Å². The predicted octanol–water partition coefficient (Wildman–Crippen LogP) is 2.44. The Labute approximate surface area is 109 Å². The normalized spacial score (nSPS) is 10.5. The van der Waals surface area contributed by atoms with E-state index < -0.39 is 5.97 Å². The van der Waals surface area contributed by atoms with Crippen LogP contribution < -0.4 is 5.32 Å². The standard InChI is InChI=1S/C13H14N2O2S/c1-9-12(13(16)17)18-11(15-9)8-14-7-10-5-3-2-4-6-10/h2-6,14H,7-8H2,1H3,(H,16,17). The Hall–Kier alpha value is -1.72. The van der Waals surface area contributed by atoms with Crippen LogP contribution in [-0.4, -0.2) is 16.1 Å². The Morgan fingerprint density at radius 1 is 1.33 bits per heavy atom. The van der Waals surface area contributed by atoms with Gasteiger partial charge in [0.05, 0.1) is 5.69 Å². The number of nitrogens with one attached hydrogen (secondary N) is 1. The SMILES string of the molecule is Cc1nc(CNCc2ccccc2)sc1C(=O)O. The first-order valence-corrected chi connectivity index (χ1v) is 6.42. The highest BCUT2D eigenvalue weighted by Crippen LogP contribution is 2.17. The fourth-order valence-corrected chi connectivity index (χ4v) is 2.51. The number of benzene rings is 1. The van der Waals surface area contributed by atoms with Gasteiger partial charge in [-0.2, -0.15) is 0 Å². The van der Waals surface area contributed by atoms with Crippen molar-refractivity contribution in [2.75, 3.05) is 0 Å². The minimum Gasteiger partial charge on any atom is -0.477 e. The third-order valence-electron chi connectivity index (χ3n) is 2.48. The fraction of sp³-hybridized carbons (Fsp3) is 0.231. The van der Waals surface area contributed by atoms with Crippen LogP contribution in [0.5, 0.6) is 0 Å². The van der Waals surface area contributed by atoms with Gasteiger partial charge in [0.25, 0.3) is 0 Å². The third-order valence-corrected chi connectivity index (χ3v) is 3.63. The van der Waals surface area contributed by atoms with Gasteiger partial charge in [-0.3, -0.25) is 0 Å². The second-order valence-corrected chi connectivity index (χ2v) is 5.00. The first-order chi connectivity index (χ1) is 8.66. The van der Waals surface area contributed by atoms with Gasteiger partial charge in [-0.25, -0.2) is 9.78 Å². The van der Waals surface area contributed by atoms with E-state index in [1.54, 1.807) is 6.92 Å². The summed E-state index contributed by atoms with van der Waals surface area (Å²) in [7, 11) is 0. The molecular formula is C13H14N2O2S. The molecule has 1 aromatic heterocycles. The van der Waals surface area contributed by atoms with E-state index in [9.17, 15) is 4.79 Å². The second kappa shape index (κ2) is 5.75. The number of carbonyl (C=O) groups is 1. The van der Waals surface area contributed by atoms with E-state index in [4.69, 9.17) is 5.11 Å². The van der Waals surface area contributed by atoms with Gasteiger partial charge in [-0.05, 0) is 12.5 Å². The minimum absolute atomic E-state index is 0.325. The molecular weight excluding hydrogens is 248 g/mol. The van der Waals surface area contributed by atoms with Crippen LogP contribution in [0.1, 0.15) is 25.9 Å². The summed E-state index contributed by atoms with van der Waals surface area (Å²) in [5, 5.41) is 13.0. The van der Waals surface area contributed by atoms with Crippen molar-refractivity contribution in [2.45, 2.75) is 20.0 Å². The highest BCUT2D eigenvalue weighted by atomic mass is 32.1. The molecule has 2 aromatic rings. The summed E-state index contributed by atoms with van der Waals surface area (Å²) in [5.74, 6) is -0.903. The summed E-state index contributed by atoms with van der Waals surface area (Å²) in [6, 6.07) is 10.1. The molecule has 1 aromatic carbocycles. The molecule has 0 saturated carbocycles. The Morgan fingerprint density at radius 2 is 2.06 bits per heavy atom. The number of hydrogen-bond donors (Lipinski definition) is 2. The van der Waals surface area contributed by atoms with Crippen LogP contribution in [-0.2, 0) is 13.1 Å². The molecule has 0 spiro atoms. The molecule has 0 amide bonds. The van der Waals surface area contributed by atoms with E-state index in [2.05, 4.69) is 10.3 Å². The van der Waals surface area contributed by atoms with Crippen molar-refractivity contribution in [3.05, 3.63) is 51.5 Å². The van der Waals surface area contributed by atoms with Crippen molar-refractivity contribution in [1.82, 2.24) is 10.3 Å². The largest absolute Gasteiger partial charge is 0.477 e. The molecule has 0 radical (unpaired) electrons. The van der Waals surface area contributed by atoms with Crippen LogP contribution in [0.25, 0.3) is 0 Å². The highest BCUT2D eigenvalue weighted by molar-refractivity contribution is 7.13. The molecule has 0 bridgehead atoms. The van der Waals surface area contributed by atoms with E-state index in [1.165, 1.54) is 16.9 Å². The quantitative estimate of drug-likeness (QED) is 0.868. The van der Waals surface area contributed by atoms with Gasteiger partial charge in [-0.15, -0.1) is 11.3 Å². The average molecular weight is 262 g/mol. The van der Waals surface area contributed by atoms with Crippen LogP contribution in [0.4, 0.5) is 0 Å². The molecule has 0 fully saturated rings. The molecule has 18 heavy (non-hydrogen) atoms. The van der Waals surface area contributed by atoms with Crippen LogP contribution >= 0.6 is 11.3 Å². The van der Waals surface area contributed by atoms with Crippen molar-refractivity contribution in [3.8, 4) is 0 Å². The van der Waals surface area contributed by atoms with Gasteiger partial charge in [-0.1, -0.05) is 30.3 Å². The lowest BCUT2D eigenvalue weighted by Crippen LogP contribution is -2.12. The second-order valence-electron chi connectivity index (χ2n) is 3.92. The minimum atomic E-state index is -0.903. The van der Waals surface area contributed by atoms with Gasteiger partial charge >= 0.3 is 5.97 Å². The number of nitrogens with zero attached hydrogens (tertiary/aromatic N) is 1. The van der Waals surface area contributed by atoms with Crippen LogP contribution in [0, 0.1) is 6.92 Å². The Balaban J connectivity index is 1.91. The molecule has 0 unspecified atom stereocenters. The number of carboxylic acid groups (broad SMARTS) is 1.